The van der Waals surface area contributed by atoms with Crippen LogP contribution < -0.4 is 10.6 Å². The van der Waals surface area contributed by atoms with Crippen molar-refractivity contribution < 1.29 is 9.53 Å². The molecule has 1 amide bonds. The number of amides is 1. The number of benzene rings is 2. The smallest absolute Gasteiger partial charge is 0.276 e. The fourth-order valence-corrected chi connectivity index (χ4v) is 3.46. The number of ether oxygens (including phenoxy) is 1. The van der Waals surface area contributed by atoms with Crippen LogP contribution >= 0.6 is 0 Å². The van der Waals surface area contributed by atoms with Gasteiger partial charge < -0.3 is 15.4 Å². The molecule has 6 heteroatoms. The summed E-state index contributed by atoms with van der Waals surface area (Å²) in [5, 5.41) is 10.7. The second kappa shape index (κ2) is 9.49. The fourth-order valence-electron chi connectivity index (χ4n) is 3.46. The Morgan fingerprint density at radius 3 is 2.55 bits per heavy atom. The summed E-state index contributed by atoms with van der Waals surface area (Å²) in [5.74, 6) is -0.194. The number of nitrogens with zero attached hydrogens (tertiary/aromatic N) is 2. The first-order valence-corrected chi connectivity index (χ1v) is 10.1. The second-order valence-electron chi connectivity index (χ2n) is 7.31. The van der Waals surface area contributed by atoms with Crippen molar-refractivity contribution in [2.75, 3.05) is 18.4 Å². The quantitative estimate of drug-likeness (QED) is 0.644. The van der Waals surface area contributed by atoms with Crippen LogP contribution in [-0.4, -0.2) is 28.8 Å². The molecule has 3 aromatic rings. The first-order chi connectivity index (χ1) is 14.3. The molecule has 1 unspecified atom stereocenters. The topological polar surface area (TPSA) is 68.2 Å². The molecule has 29 heavy (non-hydrogen) atoms. The van der Waals surface area contributed by atoms with Gasteiger partial charge in [-0.1, -0.05) is 42.5 Å². The number of carbonyl (C=O) groups is 1. The lowest BCUT2D eigenvalue weighted by Gasteiger charge is -2.22. The van der Waals surface area contributed by atoms with Gasteiger partial charge in [0.05, 0.1) is 19.3 Å². The minimum Gasteiger partial charge on any atom is -0.372 e. The Kier molecular flexibility index (Phi) is 6.34. The highest BCUT2D eigenvalue weighted by Crippen LogP contribution is 2.17. The maximum absolute atomic E-state index is 12.5. The Morgan fingerprint density at radius 2 is 1.83 bits per heavy atom. The maximum atomic E-state index is 12.5. The van der Waals surface area contributed by atoms with Crippen LogP contribution in [0.1, 0.15) is 40.5 Å². The molecule has 2 heterocycles. The number of piperidine rings is 1. The minimum atomic E-state index is -0.194. The number of hydrogen-bond acceptors (Lipinski definition) is 4. The minimum absolute atomic E-state index is 0.194. The lowest BCUT2D eigenvalue weighted by atomic mass is 10.1. The van der Waals surface area contributed by atoms with Crippen molar-refractivity contribution in [2.45, 2.75) is 32.1 Å². The molecule has 1 saturated heterocycles. The summed E-state index contributed by atoms with van der Waals surface area (Å²) >= 11 is 0. The number of rotatable bonds is 7. The fraction of sp³-hybridized carbons (Fsp3) is 0.304. The van der Waals surface area contributed by atoms with Gasteiger partial charge in [-0.05, 0) is 48.7 Å². The Labute approximate surface area is 170 Å². The molecule has 1 aliphatic heterocycles. The summed E-state index contributed by atoms with van der Waals surface area (Å²) in [4.78, 5) is 12.5. The van der Waals surface area contributed by atoms with Gasteiger partial charge in [0.25, 0.3) is 5.91 Å². The number of anilines is 1. The number of nitrogens with one attached hydrogen (secondary N) is 2. The molecule has 0 bridgehead atoms. The van der Waals surface area contributed by atoms with Crippen molar-refractivity contribution in [3.05, 3.63) is 83.7 Å². The summed E-state index contributed by atoms with van der Waals surface area (Å²) in [5.41, 5.74) is 3.40. The summed E-state index contributed by atoms with van der Waals surface area (Å²) < 4.78 is 7.65. The van der Waals surface area contributed by atoms with Gasteiger partial charge in [0.15, 0.2) is 5.69 Å². The SMILES string of the molecule is O=C(Nc1ccc(COCc2ccccc2)cc1)c1ccn(C2CCCNC2)n1. The first-order valence-electron chi connectivity index (χ1n) is 10.1. The standard InChI is InChI=1S/C23H26N4O2/c28-23(22-12-14-27(26-22)21-7-4-13-24-15-21)25-20-10-8-19(9-11-20)17-29-16-18-5-2-1-3-6-18/h1-3,5-6,8-12,14,21,24H,4,7,13,15-17H2,(H,25,28). The van der Waals surface area contributed by atoms with Crippen LogP contribution in [0.4, 0.5) is 5.69 Å². The average Bonchev–Trinajstić information content (AvgIpc) is 3.27. The van der Waals surface area contributed by atoms with Gasteiger partial charge in [0, 0.05) is 18.4 Å². The van der Waals surface area contributed by atoms with E-state index in [9.17, 15) is 4.79 Å². The van der Waals surface area contributed by atoms with E-state index in [0.717, 1.165) is 42.7 Å². The average molecular weight is 390 g/mol. The van der Waals surface area contributed by atoms with Gasteiger partial charge in [-0.2, -0.15) is 5.10 Å². The van der Waals surface area contributed by atoms with Gasteiger partial charge in [-0.25, -0.2) is 0 Å². The van der Waals surface area contributed by atoms with Crippen LogP contribution in [0.15, 0.2) is 66.9 Å². The Balaban J connectivity index is 1.28. The van der Waals surface area contributed by atoms with Crippen molar-refractivity contribution in [3.63, 3.8) is 0 Å². The van der Waals surface area contributed by atoms with E-state index >= 15 is 0 Å². The Hall–Kier alpha value is -2.96. The van der Waals surface area contributed by atoms with E-state index in [1.807, 2.05) is 65.5 Å². The van der Waals surface area contributed by atoms with Crippen molar-refractivity contribution >= 4 is 11.6 Å². The van der Waals surface area contributed by atoms with E-state index in [-0.39, 0.29) is 5.91 Å². The van der Waals surface area contributed by atoms with Crippen molar-refractivity contribution in [3.8, 4) is 0 Å². The van der Waals surface area contributed by atoms with Crippen LogP contribution in [0.5, 0.6) is 0 Å². The maximum Gasteiger partial charge on any atom is 0.276 e. The summed E-state index contributed by atoms with van der Waals surface area (Å²) in [6.07, 6.45) is 4.11. The Morgan fingerprint density at radius 1 is 1.07 bits per heavy atom. The molecule has 0 saturated carbocycles. The molecule has 4 rings (SSSR count). The number of aromatic nitrogens is 2. The molecule has 1 aliphatic rings. The largest absolute Gasteiger partial charge is 0.372 e. The molecule has 0 aliphatic carbocycles. The number of hydrogen-bond donors (Lipinski definition) is 2. The van der Waals surface area contributed by atoms with E-state index < -0.39 is 0 Å². The van der Waals surface area contributed by atoms with Crippen LogP contribution in [0.25, 0.3) is 0 Å². The third-order valence-electron chi connectivity index (χ3n) is 5.08. The molecular formula is C23H26N4O2. The summed E-state index contributed by atoms with van der Waals surface area (Å²) in [6, 6.07) is 19.9. The summed E-state index contributed by atoms with van der Waals surface area (Å²) in [7, 11) is 0. The van der Waals surface area contributed by atoms with Crippen molar-refractivity contribution in [1.29, 1.82) is 0 Å². The van der Waals surface area contributed by atoms with E-state index in [0.29, 0.717) is 24.9 Å². The van der Waals surface area contributed by atoms with Gasteiger partial charge >= 0.3 is 0 Å². The molecule has 1 fully saturated rings. The molecule has 1 aromatic heterocycles. The van der Waals surface area contributed by atoms with Crippen molar-refractivity contribution in [1.82, 2.24) is 15.1 Å². The van der Waals surface area contributed by atoms with E-state index in [1.54, 1.807) is 6.07 Å². The molecule has 6 nitrogen and oxygen atoms in total. The second-order valence-corrected chi connectivity index (χ2v) is 7.31. The third-order valence-corrected chi connectivity index (χ3v) is 5.08. The molecule has 150 valence electrons. The number of carbonyl (C=O) groups excluding carboxylic acids is 1. The lowest BCUT2D eigenvalue weighted by molar-refractivity contribution is 0.102. The van der Waals surface area contributed by atoms with E-state index in [1.165, 1.54) is 0 Å². The lowest BCUT2D eigenvalue weighted by Crippen LogP contribution is -2.32. The first kappa shape index (κ1) is 19.4. The van der Waals surface area contributed by atoms with Gasteiger partial charge in [-0.3, -0.25) is 9.48 Å². The van der Waals surface area contributed by atoms with E-state index in [2.05, 4.69) is 15.7 Å². The van der Waals surface area contributed by atoms with E-state index in [4.69, 9.17) is 4.74 Å². The highest BCUT2D eigenvalue weighted by Gasteiger charge is 2.17. The molecule has 1 atom stereocenters. The van der Waals surface area contributed by atoms with Crippen LogP contribution in [0.2, 0.25) is 0 Å². The molecule has 2 N–H and O–H groups in total. The van der Waals surface area contributed by atoms with Gasteiger partial charge in [-0.15, -0.1) is 0 Å². The highest BCUT2D eigenvalue weighted by molar-refractivity contribution is 6.02. The third kappa shape index (κ3) is 5.31. The zero-order valence-corrected chi connectivity index (χ0v) is 16.4. The van der Waals surface area contributed by atoms with Crippen LogP contribution in [0.3, 0.4) is 0 Å². The predicted octanol–water partition coefficient (Wildman–Crippen LogP) is 3.78. The molecular weight excluding hydrogens is 364 g/mol. The zero-order chi connectivity index (χ0) is 19.9. The van der Waals surface area contributed by atoms with Gasteiger partial charge in [0.2, 0.25) is 0 Å². The summed E-state index contributed by atoms with van der Waals surface area (Å²) in [6.45, 7) is 3.07. The van der Waals surface area contributed by atoms with Crippen LogP contribution in [-0.2, 0) is 18.0 Å². The van der Waals surface area contributed by atoms with Crippen LogP contribution in [0, 0.1) is 0 Å². The molecule has 0 radical (unpaired) electrons. The monoisotopic (exact) mass is 390 g/mol. The van der Waals surface area contributed by atoms with Gasteiger partial charge in [0.1, 0.15) is 0 Å². The normalized spacial score (nSPS) is 16.5. The highest BCUT2D eigenvalue weighted by atomic mass is 16.5. The Bertz CT molecular complexity index is 916. The molecule has 2 aromatic carbocycles. The molecule has 0 spiro atoms. The van der Waals surface area contributed by atoms with Crippen molar-refractivity contribution in [2.24, 2.45) is 0 Å². The predicted molar refractivity (Wildman–Crippen MR) is 113 cm³/mol. The zero-order valence-electron chi connectivity index (χ0n) is 16.4.